The largest absolute Gasteiger partial charge is 0.481 e. The summed E-state index contributed by atoms with van der Waals surface area (Å²) >= 11 is 0. The summed E-state index contributed by atoms with van der Waals surface area (Å²) in [6.07, 6.45) is 0.939. The van der Waals surface area contributed by atoms with Crippen LogP contribution in [0.15, 0.2) is 6.07 Å². The number of carboxylic acids is 1. The SMILES string of the molecule is CCC(CNc1nc(C)cc(OC)n1)CC(=O)O. The highest BCUT2D eigenvalue weighted by atomic mass is 16.5. The van der Waals surface area contributed by atoms with Gasteiger partial charge in [-0.25, -0.2) is 4.98 Å². The van der Waals surface area contributed by atoms with E-state index < -0.39 is 5.97 Å². The molecule has 2 N–H and O–H groups in total. The van der Waals surface area contributed by atoms with Crippen LogP contribution in [0.3, 0.4) is 0 Å². The summed E-state index contributed by atoms with van der Waals surface area (Å²) in [6.45, 7) is 4.35. The molecular formula is C12H19N3O3. The van der Waals surface area contributed by atoms with Crippen LogP contribution in [0, 0.1) is 12.8 Å². The molecule has 100 valence electrons. The Balaban J connectivity index is 2.61. The van der Waals surface area contributed by atoms with Crippen molar-refractivity contribution in [2.75, 3.05) is 19.0 Å². The Labute approximate surface area is 106 Å². The first-order valence-corrected chi connectivity index (χ1v) is 5.90. The number of hydrogen-bond acceptors (Lipinski definition) is 5. The molecule has 0 aliphatic heterocycles. The molecule has 0 aromatic carbocycles. The molecule has 1 aromatic heterocycles. The van der Waals surface area contributed by atoms with E-state index in [1.165, 1.54) is 0 Å². The Morgan fingerprint density at radius 2 is 2.28 bits per heavy atom. The van der Waals surface area contributed by atoms with Gasteiger partial charge in [-0.15, -0.1) is 0 Å². The lowest BCUT2D eigenvalue weighted by molar-refractivity contribution is -0.138. The van der Waals surface area contributed by atoms with Crippen LogP contribution in [-0.4, -0.2) is 34.7 Å². The van der Waals surface area contributed by atoms with Crippen LogP contribution in [-0.2, 0) is 4.79 Å². The Morgan fingerprint density at radius 3 is 2.83 bits per heavy atom. The Hall–Kier alpha value is -1.85. The molecule has 0 saturated heterocycles. The van der Waals surface area contributed by atoms with Crippen molar-refractivity contribution in [3.8, 4) is 5.88 Å². The molecule has 0 spiro atoms. The van der Waals surface area contributed by atoms with Crippen molar-refractivity contribution in [1.82, 2.24) is 9.97 Å². The van der Waals surface area contributed by atoms with Crippen molar-refractivity contribution < 1.29 is 14.6 Å². The molecule has 1 aromatic rings. The van der Waals surface area contributed by atoms with Gasteiger partial charge >= 0.3 is 5.97 Å². The third kappa shape index (κ3) is 4.57. The van der Waals surface area contributed by atoms with Gasteiger partial charge in [0.05, 0.1) is 7.11 Å². The first-order chi connectivity index (χ1) is 8.55. The van der Waals surface area contributed by atoms with Gasteiger partial charge in [-0.05, 0) is 12.8 Å². The van der Waals surface area contributed by atoms with Crippen LogP contribution >= 0.6 is 0 Å². The summed E-state index contributed by atoms with van der Waals surface area (Å²) in [5.74, 6) is 0.246. The summed E-state index contributed by atoms with van der Waals surface area (Å²) in [5, 5.41) is 11.8. The molecule has 1 unspecified atom stereocenters. The normalized spacial score (nSPS) is 11.9. The van der Waals surface area contributed by atoms with Crippen LogP contribution in [0.2, 0.25) is 0 Å². The molecule has 18 heavy (non-hydrogen) atoms. The van der Waals surface area contributed by atoms with Crippen molar-refractivity contribution >= 4 is 11.9 Å². The minimum Gasteiger partial charge on any atom is -0.481 e. The molecule has 0 saturated carbocycles. The maximum atomic E-state index is 10.7. The lowest BCUT2D eigenvalue weighted by Gasteiger charge is -2.13. The quantitative estimate of drug-likeness (QED) is 0.769. The van der Waals surface area contributed by atoms with E-state index in [2.05, 4.69) is 15.3 Å². The predicted molar refractivity (Wildman–Crippen MR) is 67.8 cm³/mol. The lowest BCUT2D eigenvalue weighted by atomic mass is 10.0. The molecule has 0 aliphatic carbocycles. The molecule has 0 radical (unpaired) electrons. The van der Waals surface area contributed by atoms with E-state index in [1.54, 1.807) is 13.2 Å². The van der Waals surface area contributed by atoms with E-state index in [4.69, 9.17) is 9.84 Å². The molecule has 6 nitrogen and oxygen atoms in total. The zero-order valence-corrected chi connectivity index (χ0v) is 10.9. The predicted octanol–water partition coefficient (Wildman–Crippen LogP) is 1.71. The summed E-state index contributed by atoms with van der Waals surface area (Å²) < 4.78 is 5.05. The minimum atomic E-state index is -0.786. The molecule has 1 heterocycles. The molecule has 1 atom stereocenters. The smallest absolute Gasteiger partial charge is 0.303 e. The zero-order chi connectivity index (χ0) is 13.5. The molecule has 0 bridgehead atoms. The number of nitrogens with one attached hydrogen (secondary N) is 1. The maximum Gasteiger partial charge on any atom is 0.303 e. The van der Waals surface area contributed by atoms with Crippen molar-refractivity contribution in [3.63, 3.8) is 0 Å². The van der Waals surface area contributed by atoms with Crippen molar-refractivity contribution in [2.24, 2.45) is 5.92 Å². The Morgan fingerprint density at radius 1 is 1.56 bits per heavy atom. The monoisotopic (exact) mass is 253 g/mol. The summed E-state index contributed by atoms with van der Waals surface area (Å²) in [5.41, 5.74) is 0.802. The Bertz CT molecular complexity index is 410. The van der Waals surface area contributed by atoms with Gasteiger partial charge in [0.1, 0.15) is 0 Å². The fraction of sp³-hybridized carbons (Fsp3) is 0.583. The fourth-order valence-electron chi connectivity index (χ4n) is 1.57. The highest BCUT2D eigenvalue weighted by Crippen LogP contribution is 2.13. The van der Waals surface area contributed by atoms with E-state index in [1.807, 2.05) is 13.8 Å². The van der Waals surface area contributed by atoms with Gasteiger partial charge in [-0.1, -0.05) is 13.3 Å². The highest BCUT2D eigenvalue weighted by molar-refractivity contribution is 5.67. The average Bonchev–Trinajstić information content (AvgIpc) is 2.33. The third-order valence-electron chi connectivity index (χ3n) is 2.63. The molecule has 1 rings (SSSR count). The van der Waals surface area contributed by atoms with E-state index in [0.717, 1.165) is 12.1 Å². The second kappa shape index (κ2) is 6.78. The van der Waals surface area contributed by atoms with Crippen LogP contribution in [0.1, 0.15) is 25.5 Å². The molecule has 0 amide bonds. The second-order valence-corrected chi connectivity index (χ2v) is 4.13. The number of rotatable bonds is 7. The average molecular weight is 253 g/mol. The van der Waals surface area contributed by atoms with E-state index in [0.29, 0.717) is 18.4 Å². The number of anilines is 1. The van der Waals surface area contributed by atoms with Gasteiger partial charge < -0.3 is 15.2 Å². The highest BCUT2D eigenvalue weighted by Gasteiger charge is 2.12. The lowest BCUT2D eigenvalue weighted by Crippen LogP contribution is -2.18. The van der Waals surface area contributed by atoms with Gasteiger partial charge in [0, 0.05) is 24.7 Å². The maximum absolute atomic E-state index is 10.7. The van der Waals surface area contributed by atoms with Gasteiger partial charge in [0.2, 0.25) is 11.8 Å². The zero-order valence-electron chi connectivity index (χ0n) is 10.9. The number of hydrogen-bond donors (Lipinski definition) is 2. The first-order valence-electron chi connectivity index (χ1n) is 5.90. The van der Waals surface area contributed by atoms with Crippen molar-refractivity contribution in [1.29, 1.82) is 0 Å². The first kappa shape index (κ1) is 14.2. The molecular weight excluding hydrogens is 234 g/mol. The van der Waals surface area contributed by atoms with E-state index >= 15 is 0 Å². The standard InChI is InChI=1S/C12H19N3O3/c1-4-9(6-11(16)17)7-13-12-14-8(2)5-10(15-12)18-3/h5,9H,4,6-7H2,1-3H3,(H,16,17)(H,13,14,15). The van der Waals surface area contributed by atoms with Crippen molar-refractivity contribution in [3.05, 3.63) is 11.8 Å². The molecule has 0 fully saturated rings. The minimum absolute atomic E-state index is 0.0672. The van der Waals surface area contributed by atoms with E-state index in [-0.39, 0.29) is 12.3 Å². The number of carboxylic acid groups (broad SMARTS) is 1. The summed E-state index contributed by atoms with van der Waals surface area (Å²) in [7, 11) is 1.55. The van der Waals surface area contributed by atoms with E-state index in [9.17, 15) is 4.79 Å². The van der Waals surface area contributed by atoms with Gasteiger partial charge in [-0.2, -0.15) is 4.98 Å². The van der Waals surface area contributed by atoms with Gasteiger partial charge in [0.25, 0.3) is 0 Å². The fourth-order valence-corrected chi connectivity index (χ4v) is 1.57. The second-order valence-electron chi connectivity index (χ2n) is 4.13. The van der Waals surface area contributed by atoms with Crippen LogP contribution in [0.4, 0.5) is 5.95 Å². The third-order valence-corrected chi connectivity index (χ3v) is 2.63. The van der Waals surface area contributed by atoms with Crippen LogP contribution < -0.4 is 10.1 Å². The van der Waals surface area contributed by atoms with Crippen LogP contribution in [0.25, 0.3) is 0 Å². The number of methoxy groups -OCH3 is 1. The van der Waals surface area contributed by atoms with Gasteiger partial charge in [-0.3, -0.25) is 4.79 Å². The van der Waals surface area contributed by atoms with Crippen molar-refractivity contribution in [2.45, 2.75) is 26.7 Å². The van der Waals surface area contributed by atoms with Crippen LogP contribution in [0.5, 0.6) is 5.88 Å². The molecule has 0 aliphatic rings. The summed E-state index contributed by atoms with van der Waals surface area (Å²) in [4.78, 5) is 19.0. The number of ether oxygens (including phenoxy) is 1. The molecule has 6 heteroatoms. The number of aromatic nitrogens is 2. The topological polar surface area (TPSA) is 84.3 Å². The Kier molecular flexibility index (Phi) is 5.35. The number of aryl methyl sites for hydroxylation is 1. The summed E-state index contributed by atoms with van der Waals surface area (Å²) in [6, 6.07) is 1.74. The van der Waals surface area contributed by atoms with Gasteiger partial charge in [0.15, 0.2) is 0 Å². The number of carbonyl (C=O) groups is 1. The number of nitrogens with zero attached hydrogens (tertiary/aromatic N) is 2. The number of aliphatic carboxylic acids is 1.